The van der Waals surface area contributed by atoms with E-state index in [2.05, 4.69) is 15.6 Å². The van der Waals surface area contributed by atoms with Crippen molar-refractivity contribution in [3.05, 3.63) is 54.1 Å². The van der Waals surface area contributed by atoms with E-state index in [4.69, 9.17) is 4.74 Å². The number of hydrogen-bond donors (Lipinski definition) is 2. The second kappa shape index (κ2) is 11.3. The van der Waals surface area contributed by atoms with Crippen molar-refractivity contribution < 1.29 is 19.1 Å². The van der Waals surface area contributed by atoms with Crippen LogP contribution in [0.3, 0.4) is 0 Å². The summed E-state index contributed by atoms with van der Waals surface area (Å²) >= 11 is 0. The molecular formula is C26H36N4O4. The molecule has 1 saturated carbocycles. The van der Waals surface area contributed by atoms with Gasteiger partial charge in [0.2, 0.25) is 5.91 Å². The maximum absolute atomic E-state index is 13.4. The van der Waals surface area contributed by atoms with Crippen LogP contribution in [0.25, 0.3) is 0 Å². The summed E-state index contributed by atoms with van der Waals surface area (Å²) in [6.45, 7) is 6.09. The largest absolute Gasteiger partial charge is 0.467 e. The van der Waals surface area contributed by atoms with Crippen LogP contribution in [0.4, 0.5) is 0 Å². The zero-order valence-corrected chi connectivity index (χ0v) is 20.5. The van der Waals surface area contributed by atoms with Gasteiger partial charge in [0.25, 0.3) is 5.91 Å². The Labute approximate surface area is 201 Å². The number of rotatable bonds is 8. The lowest BCUT2D eigenvalue weighted by atomic mass is 9.82. The van der Waals surface area contributed by atoms with Gasteiger partial charge in [-0.2, -0.15) is 0 Å². The van der Waals surface area contributed by atoms with Gasteiger partial charge in [0.1, 0.15) is 12.1 Å². The maximum atomic E-state index is 13.4. The molecule has 3 rings (SSSR count). The minimum absolute atomic E-state index is 0.00602. The third-order valence-corrected chi connectivity index (χ3v) is 6.39. The molecule has 2 atom stereocenters. The number of nitrogens with zero attached hydrogens (tertiary/aromatic N) is 2. The Morgan fingerprint density at radius 2 is 1.76 bits per heavy atom. The Bertz CT molecular complexity index is 974. The lowest BCUT2D eigenvalue weighted by Gasteiger charge is -2.34. The first-order valence-electron chi connectivity index (χ1n) is 11.9. The monoisotopic (exact) mass is 468 g/mol. The van der Waals surface area contributed by atoms with E-state index in [1.807, 2.05) is 51.1 Å². The van der Waals surface area contributed by atoms with Crippen LogP contribution in [0.2, 0.25) is 0 Å². The van der Waals surface area contributed by atoms with Gasteiger partial charge in [-0.15, -0.1) is 0 Å². The summed E-state index contributed by atoms with van der Waals surface area (Å²) in [5, 5.41) is 5.80. The highest BCUT2D eigenvalue weighted by Crippen LogP contribution is 2.28. The number of nitrogens with one attached hydrogen (secondary N) is 2. The second-order valence-electron chi connectivity index (χ2n) is 10.0. The van der Waals surface area contributed by atoms with E-state index in [0.717, 1.165) is 37.7 Å². The summed E-state index contributed by atoms with van der Waals surface area (Å²) in [6.07, 6.45) is 8.15. The lowest BCUT2D eigenvalue weighted by Crippen LogP contribution is -2.58. The summed E-state index contributed by atoms with van der Waals surface area (Å²) in [5.41, 5.74) is 0.498. The maximum Gasteiger partial charge on any atom is 0.328 e. The van der Waals surface area contributed by atoms with Gasteiger partial charge < -0.3 is 19.9 Å². The molecule has 0 aliphatic heterocycles. The number of benzene rings is 1. The van der Waals surface area contributed by atoms with Crippen molar-refractivity contribution in [1.82, 2.24) is 20.2 Å². The third kappa shape index (κ3) is 6.46. The molecule has 0 spiro atoms. The lowest BCUT2D eigenvalue weighted by molar-refractivity contribution is -0.148. The quantitative estimate of drug-likeness (QED) is 0.579. The molecule has 1 aromatic heterocycles. The summed E-state index contributed by atoms with van der Waals surface area (Å²) in [5.74, 6) is -1.04. The zero-order chi connectivity index (χ0) is 24.7. The van der Waals surface area contributed by atoms with Gasteiger partial charge in [-0.3, -0.25) is 9.59 Å². The summed E-state index contributed by atoms with van der Waals surface area (Å²) in [6, 6.07) is 8.22. The molecule has 0 saturated heterocycles. The summed E-state index contributed by atoms with van der Waals surface area (Å²) < 4.78 is 6.69. The van der Waals surface area contributed by atoms with Crippen LogP contribution in [-0.2, 0) is 20.9 Å². The van der Waals surface area contributed by atoms with Gasteiger partial charge in [0, 0.05) is 18.9 Å². The van der Waals surface area contributed by atoms with E-state index in [1.54, 1.807) is 17.0 Å². The van der Waals surface area contributed by atoms with Gasteiger partial charge in [-0.1, -0.05) is 70.4 Å². The normalized spacial score (nSPS) is 16.4. The fourth-order valence-corrected chi connectivity index (χ4v) is 4.48. The number of hydrogen-bond acceptors (Lipinski definition) is 5. The van der Waals surface area contributed by atoms with Crippen molar-refractivity contribution in [2.24, 2.45) is 11.3 Å². The molecule has 2 aromatic rings. The van der Waals surface area contributed by atoms with Gasteiger partial charge in [0.15, 0.2) is 5.82 Å². The molecular weight excluding hydrogens is 432 g/mol. The van der Waals surface area contributed by atoms with Crippen LogP contribution in [0.1, 0.15) is 69.1 Å². The molecule has 1 aromatic carbocycles. The average Bonchev–Trinajstić information content (AvgIpc) is 3.29. The highest BCUT2D eigenvalue weighted by atomic mass is 16.5. The first kappa shape index (κ1) is 25.5. The van der Waals surface area contributed by atoms with E-state index < -0.39 is 29.4 Å². The molecule has 0 unspecified atom stereocenters. The van der Waals surface area contributed by atoms with Crippen molar-refractivity contribution in [1.29, 1.82) is 0 Å². The van der Waals surface area contributed by atoms with Gasteiger partial charge >= 0.3 is 5.97 Å². The Balaban J connectivity index is 1.80. The minimum atomic E-state index is -0.826. The standard InChI is InChI=1S/C26H36N4O4/c1-26(2,3)21(25(33)34-4)29-23(31)20(19-13-9-6-10-14-19)28-24(32)22-27-15-16-30(22)17-18-11-7-5-8-12-18/h5,7-8,11-12,15-16,19-21H,6,9-10,13-14,17H2,1-4H3,(H,28,32)(H,29,31)/t20-,21+/m0/s1. The summed E-state index contributed by atoms with van der Waals surface area (Å²) in [7, 11) is 1.31. The fourth-order valence-electron chi connectivity index (χ4n) is 4.48. The van der Waals surface area contributed by atoms with E-state index in [9.17, 15) is 14.4 Å². The van der Waals surface area contributed by atoms with Crippen LogP contribution in [0.15, 0.2) is 42.7 Å². The number of ether oxygens (including phenoxy) is 1. The number of carbonyl (C=O) groups excluding carboxylic acids is 3. The van der Waals surface area contributed by atoms with Gasteiger partial charge in [-0.05, 0) is 29.7 Å². The Morgan fingerprint density at radius 1 is 1.09 bits per heavy atom. The number of esters is 1. The van der Waals surface area contributed by atoms with Crippen LogP contribution in [-0.4, -0.2) is 46.5 Å². The average molecular weight is 469 g/mol. The van der Waals surface area contributed by atoms with E-state index in [0.29, 0.717) is 6.54 Å². The Hall–Kier alpha value is -3.16. The smallest absolute Gasteiger partial charge is 0.328 e. The SMILES string of the molecule is COC(=O)[C@@H](NC(=O)[C@@H](NC(=O)c1nccn1Cc1ccccc1)C1CCCCC1)C(C)(C)C. The molecule has 2 N–H and O–H groups in total. The number of amides is 2. The van der Waals surface area contributed by atoms with Crippen LogP contribution in [0, 0.1) is 11.3 Å². The molecule has 184 valence electrons. The van der Waals surface area contributed by atoms with Crippen molar-refractivity contribution >= 4 is 17.8 Å². The Morgan fingerprint density at radius 3 is 2.38 bits per heavy atom. The molecule has 1 aliphatic carbocycles. The zero-order valence-electron chi connectivity index (χ0n) is 20.5. The van der Waals surface area contributed by atoms with Crippen molar-refractivity contribution in [3.8, 4) is 0 Å². The van der Waals surface area contributed by atoms with Crippen LogP contribution >= 0.6 is 0 Å². The number of imidazole rings is 1. The number of aromatic nitrogens is 2. The molecule has 34 heavy (non-hydrogen) atoms. The molecule has 1 heterocycles. The summed E-state index contributed by atoms with van der Waals surface area (Å²) in [4.78, 5) is 43.4. The van der Waals surface area contributed by atoms with Crippen molar-refractivity contribution in [2.75, 3.05) is 7.11 Å². The van der Waals surface area contributed by atoms with E-state index in [-0.39, 0.29) is 17.6 Å². The van der Waals surface area contributed by atoms with Gasteiger partial charge in [0.05, 0.1) is 7.11 Å². The van der Waals surface area contributed by atoms with Crippen LogP contribution in [0.5, 0.6) is 0 Å². The molecule has 2 amide bonds. The first-order valence-corrected chi connectivity index (χ1v) is 11.9. The minimum Gasteiger partial charge on any atom is -0.467 e. The molecule has 1 aliphatic rings. The van der Waals surface area contributed by atoms with Gasteiger partial charge in [-0.25, -0.2) is 9.78 Å². The number of carbonyl (C=O) groups is 3. The van der Waals surface area contributed by atoms with Crippen molar-refractivity contribution in [2.45, 2.75) is 71.5 Å². The Kier molecular flexibility index (Phi) is 8.47. The molecule has 8 heteroatoms. The fraction of sp³-hybridized carbons (Fsp3) is 0.538. The molecule has 8 nitrogen and oxygen atoms in total. The first-order chi connectivity index (χ1) is 16.2. The van der Waals surface area contributed by atoms with Crippen LogP contribution < -0.4 is 10.6 Å². The topological polar surface area (TPSA) is 102 Å². The number of methoxy groups -OCH3 is 1. The predicted molar refractivity (Wildman–Crippen MR) is 129 cm³/mol. The third-order valence-electron chi connectivity index (χ3n) is 6.39. The molecule has 0 bridgehead atoms. The second-order valence-corrected chi connectivity index (χ2v) is 10.0. The predicted octanol–water partition coefficient (Wildman–Crippen LogP) is 3.31. The highest BCUT2D eigenvalue weighted by Gasteiger charge is 2.38. The van der Waals surface area contributed by atoms with Crippen molar-refractivity contribution in [3.63, 3.8) is 0 Å². The van der Waals surface area contributed by atoms with E-state index >= 15 is 0 Å². The molecule has 1 fully saturated rings. The highest BCUT2D eigenvalue weighted by molar-refractivity contribution is 5.96. The molecule has 0 radical (unpaired) electrons. The van der Waals surface area contributed by atoms with E-state index in [1.165, 1.54) is 7.11 Å².